The predicted octanol–water partition coefficient (Wildman–Crippen LogP) is 1.58. The Bertz CT molecular complexity index is 461. The largest absolute Gasteiger partial charge is 0.493 e. The first-order valence-electron chi connectivity index (χ1n) is 7.20. The molecule has 1 aromatic rings. The summed E-state index contributed by atoms with van der Waals surface area (Å²) in [5.41, 5.74) is 7.92. The zero-order chi connectivity index (χ0) is 15.8. The van der Waals surface area contributed by atoms with E-state index in [9.17, 15) is 4.79 Å². The van der Waals surface area contributed by atoms with Gasteiger partial charge in [0.2, 0.25) is 0 Å². The molecule has 21 heavy (non-hydrogen) atoms. The Hall–Kier alpha value is -1.59. The minimum absolute atomic E-state index is 0.393. The number of carbonyl (C=O) groups excluding carboxylic acids is 1. The lowest BCUT2D eigenvalue weighted by Crippen LogP contribution is -2.33. The van der Waals surface area contributed by atoms with Gasteiger partial charge in [-0.1, -0.05) is 19.1 Å². The van der Waals surface area contributed by atoms with Crippen molar-refractivity contribution in [1.29, 1.82) is 0 Å². The van der Waals surface area contributed by atoms with Crippen molar-refractivity contribution in [2.75, 3.05) is 27.8 Å². The Morgan fingerprint density at radius 2 is 2.10 bits per heavy atom. The van der Waals surface area contributed by atoms with Crippen LogP contribution in [0.1, 0.15) is 24.5 Å². The summed E-state index contributed by atoms with van der Waals surface area (Å²) < 4.78 is 10.4. The van der Waals surface area contributed by atoms with E-state index in [1.165, 1.54) is 7.11 Å². The summed E-state index contributed by atoms with van der Waals surface area (Å²) in [4.78, 5) is 13.5. The summed E-state index contributed by atoms with van der Waals surface area (Å²) in [5.74, 6) is 0.497. The quantitative estimate of drug-likeness (QED) is 0.737. The van der Waals surface area contributed by atoms with Gasteiger partial charge in [0.05, 0.1) is 13.7 Å². The zero-order valence-electron chi connectivity index (χ0n) is 13.4. The second kappa shape index (κ2) is 8.64. The molecule has 118 valence electrons. The van der Waals surface area contributed by atoms with Crippen LogP contribution in [0.4, 0.5) is 0 Å². The summed E-state index contributed by atoms with van der Waals surface area (Å²) in [5, 5.41) is 0. The number of esters is 1. The van der Waals surface area contributed by atoms with Gasteiger partial charge >= 0.3 is 5.97 Å². The van der Waals surface area contributed by atoms with E-state index < -0.39 is 12.0 Å². The molecule has 0 aliphatic heterocycles. The number of nitrogens with two attached hydrogens (primary N) is 1. The standard InChI is InChI=1S/C16H26N2O3/c1-5-8-21-15-7-6-12(9-13(15)11-18(2)3)10-14(17)16(19)20-4/h6-7,9,14H,5,8,10-11,17H2,1-4H3. The van der Waals surface area contributed by atoms with Crippen LogP contribution in [0.15, 0.2) is 18.2 Å². The summed E-state index contributed by atoms with van der Waals surface area (Å²) in [7, 11) is 5.37. The van der Waals surface area contributed by atoms with Crippen LogP contribution in [0, 0.1) is 0 Å². The van der Waals surface area contributed by atoms with E-state index in [1.54, 1.807) is 0 Å². The number of hydrogen-bond acceptors (Lipinski definition) is 5. The van der Waals surface area contributed by atoms with Crippen molar-refractivity contribution in [3.8, 4) is 5.75 Å². The van der Waals surface area contributed by atoms with Crippen LogP contribution in [-0.2, 0) is 22.5 Å². The SMILES string of the molecule is CCCOc1ccc(CC(N)C(=O)OC)cc1CN(C)C. The Morgan fingerprint density at radius 1 is 1.38 bits per heavy atom. The number of carbonyl (C=O) groups is 1. The molecule has 1 unspecified atom stereocenters. The van der Waals surface area contributed by atoms with Gasteiger partial charge in [0.15, 0.2) is 0 Å². The topological polar surface area (TPSA) is 64.8 Å². The second-order valence-electron chi connectivity index (χ2n) is 5.36. The second-order valence-corrected chi connectivity index (χ2v) is 5.36. The Balaban J connectivity index is 2.89. The van der Waals surface area contributed by atoms with Gasteiger partial charge < -0.3 is 20.1 Å². The zero-order valence-corrected chi connectivity index (χ0v) is 13.4. The van der Waals surface area contributed by atoms with E-state index in [1.807, 2.05) is 32.3 Å². The maximum atomic E-state index is 11.4. The molecule has 0 heterocycles. The molecule has 0 saturated carbocycles. The third kappa shape index (κ3) is 5.73. The number of hydrogen-bond donors (Lipinski definition) is 1. The van der Waals surface area contributed by atoms with Crippen LogP contribution in [0.25, 0.3) is 0 Å². The lowest BCUT2D eigenvalue weighted by atomic mass is 10.0. The first kappa shape index (κ1) is 17.5. The molecular formula is C16H26N2O3. The molecule has 0 aliphatic carbocycles. The molecule has 5 heteroatoms. The molecular weight excluding hydrogens is 268 g/mol. The maximum Gasteiger partial charge on any atom is 0.322 e. The van der Waals surface area contributed by atoms with Crippen molar-refractivity contribution in [3.63, 3.8) is 0 Å². The van der Waals surface area contributed by atoms with Gasteiger partial charge in [0.1, 0.15) is 11.8 Å². The molecule has 2 N–H and O–H groups in total. The van der Waals surface area contributed by atoms with Gasteiger partial charge in [-0.15, -0.1) is 0 Å². The lowest BCUT2D eigenvalue weighted by molar-refractivity contribution is -0.142. The first-order chi connectivity index (χ1) is 9.97. The first-order valence-corrected chi connectivity index (χ1v) is 7.20. The van der Waals surface area contributed by atoms with E-state index in [0.717, 1.165) is 29.8 Å². The Morgan fingerprint density at radius 3 is 2.67 bits per heavy atom. The van der Waals surface area contributed by atoms with Crippen LogP contribution in [-0.4, -0.2) is 44.7 Å². The van der Waals surface area contributed by atoms with Crippen LogP contribution >= 0.6 is 0 Å². The predicted molar refractivity (Wildman–Crippen MR) is 83.3 cm³/mol. The fourth-order valence-corrected chi connectivity index (χ4v) is 2.07. The molecule has 0 spiro atoms. The van der Waals surface area contributed by atoms with Crippen molar-refractivity contribution < 1.29 is 14.3 Å². The highest BCUT2D eigenvalue weighted by Crippen LogP contribution is 2.22. The molecule has 1 aromatic carbocycles. The fourth-order valence-electron chi connectivity index (χ4n) is 2.07. The van der Waals surface area contributed by atoms with E-state index in [4.69, 9.17) is 10.5 Å². The van der Waals surface area contributed by atoms with Crippen molar-refractivity contribution in [3.05, 3.63) is 29.3 Å². The van der Waals surface area contributed by atoms with Crippen LogP contribution in [0.2, 0.25) is 0 Å². The molecule has 0 aliphatic rings. The van der Waals surface area contributed by atoms with Crippen molar-refractivity contribution in [2.45, 2.75) is 32.4 Å². The number of ether oxygens (including phenoxy) is 2. The van der Waals surface area contributed by atoms with Gasteiger partial charge in [-0.05, 0) is 38.6 Å². The highest BCUT2D eigenvalue weighted by Gasteiger charge is 2.15. The monoisotopic (exact) mass is 294 g/mol. The average molecular weight is 294 g/mol. The Labute approximate surface area is 127 Å². The highest BCUT2D eigenvalue weighted by molar-refractivity contribution is 5.75. The van der Waals surface area contributed by atoms with E-state index in [2.05, 4.69) is 16.6 Å². The molecule has 0 radical (unpaired) electrons. The van der Waals surface area contributed by atoms with Crippen molar-refractivity contribution >= 4 is 5.97 Å². The van der Waals surface area contributed by atoms with Gasteiger partial charge in [0.25, 0.3) is 0 Å². The molecule has 0 fully saturated rings. The third-order valence-electron chi connectivity index (χ3n) is 3.03. The number of nitrogens with zero attached hydrogens (tertiary/aromatic N) is 1. The molecule has 0 aromatic heterocycles. The maximum absolute atomic E-state index is 11.4. The molecule has 0 bridgehead atoms. The minimum Gasteiger partial charge on any atom is -0.493 e. The lowest BCUT2D eigenvalue weighted by Gasteiger charge is -2.17. The van der Waals surface area contributed by atoms with E-state index in [0.29, 0.717) is 13.0 Å². The molecule has 5 nitrogen and oxygen atoms in total. The van der Waals surface area contributed by atoms with Crippen molar-refractivity contribution in [2.24, 2.45) is 5.73 Å². The molecule has 1 atom stereocenters. The van der Waals surface area contributed by atoms with Gasteiger partial charge in [-0.25, -0.2) is 0 Å². The normalized spacial score (nSPS) is 12.3. The van der Waals surface area contributed by atoms with Gasteiger partial charge in [-0.2, -0.15) is 0 Å². The molecule has 0 saturated heterocycles. The minimum atomic E-state index is -0.635. The van der Waals surface area contributed by atoms with E-state index >= 15 is 0 Å². The molecule has 0 amide bonds. The number of methoxy groups -OCH3 is 1. The van der Waals surface area contributed by atoms with E-state index in [-0.39, 0.29) is 0 Å². The van der Waals surface area contributed by atoms with Gasteiger partial charge in [0, 0.05) is 12.1 Å². The summed E-state index contributed by atoms with van der Waals surface area (Å²) >= 11 is 0. The third-order valence-corrected chi connectivity index (χ3v) is 3.03. The fraction of sp³-hybridized carbons (Fsp3) is 0.562. The smallest absolute Gasteiger partial charge is 0.322 e. The van der Waals surface area contributed by atoms with Crippen LogP contribution in [0.5, 0.6) is 5.75 Å². The van der Waals surface area contributed by atoms with Crippen molar-refractivity contribution in [1.82, 2.24) is 4.90 Å². The number of benzene rings is 1. The van der Waals surface area contributed by atoms with Crippen LogP contribution < -0.4 is 10.5 Å². The van der Waals surface area contributed by atoms with Gasteiger partial charge in [-0.3, -0.25) is 4.79 Å². The average Bonchev–Trinajstić information content (AvgIpc) is 2.44. The van der Waals surface area contributed by atoms with Crippen LogP contribution in [0.3, 0.4) is 0 Å². The Kier molecular flexibility index (Phi) is 7.19. The number of rotatable bonds is 8. The summed E-state index contributed by atoms with van der Waals surface area (Å²) in [6, 6.07) is 5.32. The molecule has 1 rings (SSSR count). The summed E-state index contributed by atoms with van der Waals surface area (Å²) in [6.45, 7) is 3.55. The summed E-state index contributed by atoms with van der Waals surface area (Å²) in [6.07, 6.45) is 1.43. The highest BCUT2D eigenvalue weighted by atomic mass is 16.5.